The molecule has 2 nitrogen and oxygen atoms in total. The van der Waals surface area contributed by atoms with Crippen molar-refractivity contribution in [2.75, 3.05) is 12.0 Å². The van der Waals surface area contributed by atoms with E-state index in [1.807, 2.05) is 0 Å². The Morgan fingerprint density at radius 2 is 1.26 bits per heavy atom. The number of aryl methyl sites for hydroxylation is 2. The number of hydrogen-bond donors (Lipinski definition) is 0. The Morgan fingerprint density at radius 3 is 1.97 bits per heavy atom. The molecule has 1 aliphatic rings. The van der Waals surface area contributed by atoms with Crippen molar-refractivity contribution in [3.8, 4) is 5.75 Å². The van der Waals surface area contributed by atoms with E-state index >= 15 is 0 Å². The van der Waals surface area contributed by atoms with Crippen LogP contribution in [0.1, 0.15) is 33.7 Å². The fourth-order valence-corrected chi connectivity index (χ4v) is 4.85. The highest BCUT2D eigenvalue weighted by atomic mass is 79.9. The molecule has 0 aromatic heterocycles. The van der Waals surface area contributed by atoms with Crippen LogP contribution in [-0.4, -0.2) is 7.11 Å². The fourth-order valence-electron chi connectivity index (χ4n) is 4.85. The summed E-state index contributed by atoms with van der Waals surface area (Å²) < 4.78 is 5.92. The first-order chi connectivity index (χ1) is 14.7. The molecule has 4 aromatic rings. The molecule has 1 heterocycles. The van der Waals surface area contributed by atoms with Gasteiger partial charge in [0.25, 0.3) is 0 Å². The summed E-state index contributed by atoms with van der Waals surface area (Å²) in [7, 11) is 1.77. The smallest absolute Gasteiger partial charge is 0.125 e. The molecule has 0 N–H and O–H groups in total. The largest absolute Gasteiger partial charge is 0.496 e. The van der Waals surface area contributed by atoms with Crippen LogP contribution in [0.3, 0.4) is 0 Å². The third kappa shape index (κ3) is 3.43. The molecule has 5 rings (SSSR count). The predicted molar refractivity (Wildman–Crippen MR) is 135 cm³/mol. The summed E-state index contributed by atoms with van der Waals surface area (Å²) in [6, 6.07) is 32.3. The van der Waals surface area contributed by atoms with Crippen molar-refractivity contribution in [1.29, 1.82) is 0 Å². The Hall–Kier alpha value is -3.04. The van der Waals surface area contributed by atoms with Crippen LogP contribution in [0.25, 0.3) is 0 Å². The van der Waals surface area contributed by atoms with Crippen molar-refractivity contribution in [2.45, 2.75) is 19.8 Å². The molecule has 0 saturated heterocycles. The van der Waals surface area contributed by atoms with Gasteiger partial charge in [-0.1, -0.05) is 60.7 Å². The van der Waals surface area contributed by atoms with Crippen LogP contribution in [0.5, 0.6) is 5.75 Å². The summed E-state index contributed by atoms with van der Waals surface area (Å²) in [4.78, 5) is 2.36. The maximum absolute atomic E-state index is 5.92. The van der Waals surface area contributed by atoms with E-state index in [1.54, 1.807) is 7.11 Å². The molecule has 1 atom stereocenters. The molecule has 0 saturated carbocycles. The number of anilines is 3. The van der Waals surface area contributed by atoms with Gasteiger partial charge in [0.15, 0.2) is 0 Å². The van der Waals surface area contributed by atoms with Crippen LogP contribution < -0.4 is 9.64 Å². The lowest BCUT2D eigenvalue weighted by atomic mass is 9.76. The Bertz CT molecular complexity index is 1200. The van der Waals surface area contributed by atoms with Crippen LogP contribution >= 0.6 is 17.0 Å². The second-order valence-electron chi connectivity index (χ2n) is 7.86. The van der Waals surface area contributed by atoms with Gasteiger partial charge in [-0.15, -0.1) is 17.0 Å². The minimum Gasteiger partial charge on any atom is -0.496 e. The van der Waals surface area contributed by atoms with Gasteiger partial charge in [0.1, 0.15) is 5.75 Å². The number of benzene rings is 4. The molecule has 0 bridgehead atoms. The molecule has 0 fully saturated rings. The molecule has 31 heavy (non-hydrogen) atoms. The molecule has 0 aliphatic carbocycles. The molecule has 1 unspecified atom stereocenters. The summed E-state index contributed by atoms with van der Waals surface area (Å²) in [6.07, 6.45) is 0. The summed E-state index contributed by atoms with van der Waals surface area (Å²) in [5.41, 5.74) is 10.0. The van der Waals surface area contributed by atoms with Gasteiger partial charge in [0, 0.05) is 17.2 Å². The molecule has 3 heteroatoms. The van der Waals surface area contributed by atoms with Gasteiger partial charge < -0.3 is 9.64 Å². The van der Waals surface area contributed by atoms with Crippen LogP contribution in [-0.2, 0) is 0 Å². The molecule has 156 valence electrons. The zero-order valence-corrected chi connectivity index (χ0v) is 19.7. The highest BCUT2D eigenvalue weighted by molar-refractivity contribution is 8.93. The first kappa shape index (κ1) is 21.2. The zero-order valence-electron chi connectivity index (χ0n) is 18.0. The van der Waals surface area contributed by atoms with E-state index in [0.29, 0.717) is 0 Å². The number of ether oxygens (including phenoxy) is 1. The van der Waals surface area contributed by atoms with Crippen LogP contribution in [0.4, 0.5) is 17.1 Å². The molecule has 4 aromatic carbocycles. The Kier molecular flexibility index (Phi) is 5.88. The number of hydrogen-bond acceptors (Lipinski definition) is 2. The normalized spacial score (nSPS) is 14.3. The lowest BCUT2D eigenvalue weighted by Gasteiger charge is -2.39. The van der Waals surface area contributed by atoms with E-state index in [1.165, 1.54) is 39.2 Å². The highest BCUT2D eigenvalue weighted by Gasteiger charge is 2.35. The minimum atomic E-state index is 0. The SMILES string of the molecule is Br.COc1cccc2c1C(c1c(C)cccc1C)c1ccccc1N2c1ccccc1. The van der Waals surface area contributed by atoms with Gasteiger partial charge in [-0.25, -0.2) is 0 Å². The van der Waals surface area contributed by atoms with E-state index in [-0.39, 0.29) is 22.9 Å². The van der Waals surface area contributed by atoms with Crippen molar-refractivity contribution in [2.24, 2.45) is 0 Å². The third-order valence-electron chi connectivity index (χ3n) is 6.13. The predicted octanol–water partition coefficient (Wildman–Crippen LogP) is 7.85. The summed E-state index contributed by atoms with van der Waals surface area (Å²) in [5, 5.41) is 0. The maximum Gasteiger partial charge on any atom is 0.125 e. The lowest BCUT2D eigenvalue weighted by molar-refractivity contribution is 0.409. The standard InChI is InChI=1S/C28H25NO.BrH/c1-19-11-9-12-20(2)26(19)27-22-15-7-8-16-23(22)29(21-13-5-4-6-14-21)24-17-10-18-25(30-3)28(24)27;/h4-18,27H,1-3H3;1H. The first-order valence-electron chi connectivity index (χ1n) is 10.4. The molecular formula is C28H26BrNO. The van der Waals surface area contributed by atoms with Gasteiger partial charge in [-0.2, -0.15) is 0 Å². The van der Waals surface area contributed by atoms with Crippen molar-refractivity contribution >= 4 is 34.0 Å². The zero-order chi connectivity index (χ0) is 20.7. The second-order valence-corrected chi connectivity index (χ2v) is 7.86. The molecular weight excluding hydrogens is 446 g/mol. The van der Waals surface area contributed by atoms with E-state index in [2.05, 4.69) is 110 Å². The maximum atomic E-state index is 5.92. The number of methoxy groups -OCH3 is 1. The van der Waals surface area contributed by atoms with Crippen molar-refractivity contribution in [3.63, 3.8) is 0 Å². The van der Waals surface area contributed by atoms with Crippen molar-refractivity contribution in [3.05, 3.63) is 119 Å². The van der Waals surface area contributed by atoms with E-state index in [9.17, 15) is 0 Å². The topological polar surface area (TPSA) is 12.5 Å². The molecule has 0 amide bonds. The summed E-state index contributed by atoms with van der Waals surface area (Å²) >= 11 is 0. The highest BCUT2D eigenvalue weighted by Crippen LogP contribution is 2.54. The Labute approximate surface area is 194 Å². The van der Waals surface area contributed by atoms with Gasteiger partial charge in [-0.05, 0) is 66.4 Å². The summed E-state index contributed by atoms with van der Waals surface area (Å²) in [5.74, 6) is 1.05. The number of nitrogens with zero attached hydrogens (tertiary/aromatic N) is 1. The lowest BCUT2D eigenvalue weighted by Crippen LogP contribution is -2.23. The third-order valence-corrected chi connectivity index (χ3v) is 6.13. The monoisotopic (exact) mass is 471 g/mol. The van der Waals surface area contributed by atoms with E-state index in [4.69, 9.17) is 4.74 Å². The number of halogens is 1. The number of para-hydroxylation sites is 2. The average Bonchev–Trinajstić information content (AvgIpc) is 2.78. The van der Waals surface area contributed by atoms with Crippen LogP contribution in [0.2, 0.25) is 0 Å². The quantitative estimate of drug-likeness (QED) is 0.265. The van der Waals surface area contributed by atoms with Gasteiger partial charge >= 0.3 is 0 Å². The van der Waals surface area contributed by atoms with Crippen molar-refractivity contribution in [1.82, 2.24) is 0 Å². The Morgan fingerprint density at radius 1 is 0.645 bits per heavy atom. The number of rotatable bonds is 3. The second kappa shape index (κ2) is 8.60. The van der Waals surface area contributed by atoms with Crippen molar-refractivity contribution < 1.29 is 4.74 Å². The van der Waals surface area contributed by atoms with Gasteiger partial charge in [0.05, 0.1) is 18.5 Å². The Balaban J connectivity index is 0.00000231. The number of fused-ring (bicyclic) bond motifs is 2. The molecule has 1 aliphatic heterocycles. The van der Waals surface area contributed by atoms with Crippen LogP contribution in [0.15, 0.2) is 91.0 Å². The molecule has 0 spiro atoms. The van der Waals surface area contributed by atoms with Gasteiger partial charge in [-0.3, -0.25) is 0 Å². The average molecular weight is 472 g/mol. The summed E-state index contributed by atoms with van der Waals surface area (Å²) in [6.45, 7) is 4.42. The minimum absolute atomic E-state index is 0. The van der Waals surface area contributed by atoms with Crippen LogP contribution in [0, 0.1) is 13.8 Å². The van der Waals surface area contributed by atoms with E-state index < -0.39 is 0 Å². The van der Waals surface area contributed by atoms with E-state index in [0.717, 1.165) is 11.4 Å². The first-order valence-corrected chi connectivity index (χ1v) is 10.4. The molecule has 0 radical (unpaired) electrons. The fraction of sp³-hybridized carbons (Fsp3) is 0.143. The van der Waals surface area contributed by atoms with Gasteiger partial charge in [0.2, 0.25) is 0 Å².